The summed E-state index contributed by atoms with van der Waals surface area (Å²) >= 11 is 3.38. The number of rotatable bonds is 4. The normalized spacial score (nSPS) is 10.2. The average Bonchev–Trinajstić information content (AvgIpc) is 2.45. The van der Waals surface area contributed by atoms with Gasteiger partial charge in [-0.1, -0.05) is 28.1 Å². The van der Waals surface area contributed by atoms with Gasteiger partial charge in [0.25, 0.3) is 5.91 Å². The third kappa shape index (κ3) is 3.87. The van der Waals surface area contributed by atoms with Crippen LogP contribution in [-0.2, 0) is 13.2 Å². The van der Waals surface area contributed by atoms with Crippen LogP contribution in [-0.4, -0.2) is 16.0 Å². The zero-order chi connectivity index (χ0) is 13.7. The Labute approximate surface area is 119 Å². The first-order valence-corrected chi connectivity index (χ1v) is 6.57. The van der Waals surface area contributed by atoms with Gasteiger partial charge in [0.1, 0.15) is 0 Å². The zero-order valence-corrected chi connectivity index (χ0v) is 11.7. The molecule has 0 atom stereocenters. The summed E-state index contributed by atoms with van der Waals surface area (Å²) in [5.74, 6) is -0.183. The first-order valence-electron chi connectivity index (χ1n) is 5.77. The number of nitrogens with one attached hydrogen (secondary N) is 1. The summed E-state index contributed by atoms with van der Waals surface area (Å²) in [5, 5.41) is 11.8. The van der Waals surface area contributed by atoms with Crippen LogP contribution in [0.3, 0.4) is 0 Å². The van der Waals surface area contributed by atoms with Crippen LogP contribution >= 0.6 is 15.9 Å². The monoisotopic (exact) mass is 320 g/mol. The number of amides is 1. The van der Waals surface area contributed by atoms with Gasteiger partial charge in [-0.05, 0) is 29.8 Å². The Kier molecular flexibility index (Phi) is 4.65. The number of carbonyl (C=O) groups is 1. The molecule has 1 heterocycles. The van der Waals surface area contributed by atoms with Gasteiger partial charge >= 0.3 is 0 Å². The van der Waals surface area contributed by atoms with Crippen molar-refractivity contribution in [3.05, 3.63) is 63.9 Å². The number of pyridine rings is 1. The first-order chi connectivity index (χ1) is 9.19. The predicted molar refractivity (Wildman–Crippen MR) is 75.5 cm³/mol. The molecule has 0 radical (unpaired) electrons. The van der Waals surface area contributed by atoms with Crippen LogP contribution in [0.5, 0.6) is 0 Å². The lowest BCUT2D eigenvalue weighted by Gasteiger charge is -2.06. The smallest absolute Gasteiger partial charge is 0.251 e. The van der Waals surface area contributed by atoms with Gasteiger partial charge in [0.2, 0.25) is 0 Å². The van der Waals surface area contributed by atoms with Crippen molar-refractivity contribution in [2.45, 2.75) is 13.2 Å². The van der Waals surface area contributed by atoms with Gasteiger partial charge < -0.3 is 10.4 Å². The number of aliphatic hydroxyl groups excluding tert-OH is 1. The van der Waals surface area contributed by atoms with Gasteiger partial charge in [0, 0.05) is 22.8 Å². The van der Waals surface area contributed by atoms with Crippen LogP contribution in [0.25, 0.3) is 0 Å². The minimum atomic E-state index is -0.183. The molecule has 4 nitrogen and oxygen atoms in total. The molecule has 19 heavy (non-hydrogen) atoms. The van der Waals surface area contributed by atoms with Crippen molar-refractivity contribution in [2.24, 2.45) is 0 Å². The maximum absolute atomic E-state index is 11.9. The van der Waals surface area contributed by atoms with Crippen LogP contribution in [0.1, 0.15) is 21.6 Å². The van der Waals surface area contributed by atoms with Crippen LogP contribution in [0.4, 0.5) is 0 Å². The lowest BCUT2D eigenvalue weighted by atomic mass is 10.2. The number of aromatic nitrogens is 1. The molecule has 0 aliphatic carbocycles. The second kappa shape index (κ2) is 6.45. The Morgan fingerprint density at radius 1 is 1.32 bits per heavy atom. The first kappa shape index (κ1) is 13.7. The number of hydrogen-bond acceptors (Lipinski definition) is 3. The molecular formula is C14H13BrN2O2. The summed E-state index contributed by atoms with van der Waals surface area (Å²) in [6, 6.07) is 10.9. The Bertz CT molecular complexity index is 587. The second-order valence-electron chi connectivity index (χ2n) is 4.01. The number of halogens is 1. The fourth-order valence-corrected chi connectivity index (χ4v) is 2.08. The van der Waals surface area contributed by atoms with Crippen molar-refractivity contribution in [1.82, 2.24) is 10.3 Å². The highest BCUT2D eigenvalue weighted by Crippen LogP contribution is 2.11. The highest BCUT2D eigenvalue weighted by Gasteiger charge is 2.06. The number of hydrogen-bond donors (Lipinski definition) is 2. The molecule has 0 aliphatic rings. The van der Waals surface area contributed by atoms with Gasteiger partial charge in [-0.3, -0.25) is 9.78 Å². The molecule has 0 aliphatic heterocycles. The lowest BCUT2D eigenvalue weighted by Crippen LogP contribution is -2.23. The second-order valence-corrected chi connectivity index (χ2v) is 4.92. The van der Waals surface area contributed by atoms with Crippen molar-refractivity contribution in [3.63, 3.8) is 0 Å². The van der Waals surface area contributed by atoms with Gasteiger partial charge in [-0.25, -0.2) is 0 Å². The molecule has 1 aromatic heterocycles. The molecule has 0 saturated heterocycles. The molecule has 2 N–H and O–H groups in total. The molecule has 0 spiro atoms. The molecule has 0 saturated carbocycles. The molecule has 0 bridgehead atoms. The number of nitrogens with zero attached hydrogens (tertiary/aromatic N) is 1. The Morgan fingerprint density at radius 3 is 2.89 bits per heavy atom. The maximum atomic E-state index is 11.9. The summed E-state index contributed by atoms with van der Waals surface area (Å²) in [4.78, 5) is 15.9. The third-order valence-corrected chi connectivity index (χ3v) is 3.08. The van der Waals surface area contributed by atoms with E-state index < -0.39 is 0 Å². The molecule has 0 unspecified atom stereocenters. The molecule has 0 fully saturated rings. The van der Waals surface area contributed by atoms with E-state index in [2.05, 4.69) is 26.2 Å². The molecule has 5 heteroatoms. The number of aliphatic hydroxyl groups is 1. The van der Waals surface area contributed by atoms with Crippen molar-refractivity contribution < 1.29 is 9.90 Å². The molecule has 2 rings (SSSR count). The van der Waals surface area contributed by atoms with E-state index >= 15 is 0 Å². The number of carbonyl (C=O) groups excluding carboxylic acids is 1. The standard InChI is InChI=1S/C14H13BrN2O2/c15-12-3-1-2-10(6-12)8-17-14(19)11-4-5-16-13(7-11)9-18/h1-7,18H,8-9H2,(H,17,19). The van der Waals surface area contributed by atoms with E-state index in [9.17, 15) is 4.79 Å². The van der Waals surface area contributed by atoms with E-state index in [4.69, 9.17) is 5.11 Å². The maximum Gasteiger partial charge on any atom is 0.251 e. The van der Waals surface area contributed by atoms with E-state index in [1.165, 1.54) is 6.20 Å². The highest BCUT2D eigenvalue weighted by molar-refractivity contribution is 9.10. The molecule has 2 aromatic rings. The molecule has 1 amide bonds. The van der Waals surface area contributed by atoms with Crippen LogP contribution in [0.15, 0.2) is 47.1 Å². The Morgan fingerprint density at radius 2 is 2.16 bits per heavy atom. The van der Waals surface area contributed by atoms with Gasteiger partial charge in [-0.15, -0.1) is 0 Å². The summed E-state index contributed by atoms with van der Waals surface area (Å²) in [6.45, 7) is 0.280. The van der Waals surface area contributed by atoms with Gasteiger partial charge in [0.15, 0.2) is 0 Å². The largest absolute Gasteiger partial charge is 0.390 e. The van der Waals surface area contributed by atoms with Gasteiger partial charge in [-0.2, -0.15) is 0 Å². The van der Waals surface area contributed by atoms with E-state index in [1.807, 2.05) is 24.3 Å². The van der Waals surface area contributed by atoms with Crippen LogP contribution in [0.2, 0.25) is 0 Å². The topological polar surface area (TPSA) is 62.2 Å². The SMILES string of the molecule is O=C(NCc1cccc(Br)c1)c1ccnc(CO)c1. The Hall–Kier alpha value is -1.72. The van der Waals surface area contributed by atoms with E-state index in [0.717, 1.165) is 10.0 Å². The quantitative estimate of drug-likeness (QED) is 0.908. The number of benzene rings is 1. The van der Waals surface area contributed by atoms with Crippen molar-refractivity contribution in [1.29, 1.82) is 0 Å². The van der Waals surface area contributed by atoms with Crippen LogP contribution < -0.4 is 5.32 Å². The van der Waals surface area contributed by atoms with Crippen molar-refractivity contribution >= 4 is 21.8 Å². The molecule has 98 valence electrons. The lowest BCUT2D eigenvalue weighted by molar-refractivity contribution is 0.0950. The van der Waals surface area contributed by atoms with Gasteiger partial charge in [0.05, 0.1) is 12.3 Å². The van der Waals surface area contributed by atoms with E-state index in [-0.39, 0.29) is 12.5 Å². The van der Waals surface area contributed by atoms with E-state index in [1.54, 1.807) is 12.1 Å². The fraction of sp³-hybridized carbons (Fsp3) is 0.143. The van der Waals surface area contributed by atoms with Crippen LogP contribution in [0, 0.1) is 0 Å². The minimum absolute atomic E-state index is 0.174. The average molecular weight is 321 g/mol. The Balaban J connectivity index is 2.01. The molecule has 1 aromatic carbocycles. The summed E-state index contributed by atoms with van der Waals surface area (Å²) in [6.07, 6.45) is 1.51. The minimum Gasteiger partial charge on any atom is -0.390 e. The van der Waals surface area contributed by atoms with Crippen molar-refractivity contribution in [2.75, 3.05) is 0 Å². The van der Waals surface area contributed by atoms with Crippen molar-refractivity contribution in [3.8, 4) is 0 Å². The summed E-state index contributed by atoms with van der Waals surface area (Å²) < 4.78 is 0.978. The molecular weight excluding hydrogens is 308 g/mol. The zero-order valence-electron chi connectivity index (χ0n) is 10.1. The summed E-state index contributed by atoms with van der Waals surface area (Å²) in [7, 11) is 0. The predicted octanol–water partition coefficient (Wildman–Crippen LogP) is 2.27. The van der Waals surface area contributed by atoms with E-state index in [0.29, 0.717) is 17.8 Å². The fourth-order valence-electron chi connectivity index (χ4n) is 1.64. The third-order valence-electron chi connectivity index (χ3n) is 2.58. The highest BCUT2D eigenvalue weighted by atomic mass is 79.9. The summed E-state index contributed by atoms with van der Waals surface area (Å²) in [5.41, 5.74) is 1.99.